The van der Waals surface area contributed by atoms with Gasteiger partial charge in [-0.05, 0) is 52.2 Å². The number of aromatic nitrogens is 1. The molecule has 10 heteroatoms. The molecule has 1 spiro atoms. The molecule has 9 nitrogen and oxygen atoms in total. The van der Waals surface area contributed by atoms with Gasteiger partial charge < -0.3 is 34.2 Å². The van der Waals surface area contributed by atoms with Crippen molar-refractivity contribution in [3.63, 3.8) is 0 Å². The molecule has 2 aliphatic heterocycles. The summed E-state index contributed by atoms with van der Waals surface area (Å²) in [7, 11) is 1.63. The van der Waals surface area contributed by atoms with Crippen LogP contribution in [0, 0.1) is 5.92 Å². The maximum atomic E-state index is 12.5. The zero-order chi connectivity index (χ0) is 23.8. The predicted molar refractivity (Wildman–Crippen MR) is 115 cm³/mol. The van der Waals surface area contributed by atoms with E-state index in [1.54, 1.807) is 7.11 Å². The maximum Gasteiger partial charge on any atom is 1.00 e. The SMILES string of the molecule is CO[C@@H]1[C@H](OC(=O)NCc2ccc(C(=O)[O-])cn2)CC[C@]2(CO2)[C@H]1[C@@]1(C)O[C@@H]1CC=C(C)C.[Na+]. The van der Waals surface area contributed by atoms with Gasteiger partial charge >= 0.3 is 35.7 Å². The number of carboxylic acids is 1. The number of methoxy groups -OCH3 is 1. The van der Waals surface area contributed by atoms with Crippen LogP contribution in [0.1, 0.15) is 56.1 Å². The third-order valence-electron chi connectivity index (χ3n) is 6.97. The Labute approximate surface area is 221 Å². The number of pyridine rings is 1. The fourth-order valence-electron chi connectivity index (χ4n) is 5.06. The number of ether oxygens (including phenoxy) is 4. The zero-order valence-corrected chi connectivity index (χ0v) is 22.5. The van der Waals surface area contributed by atoms with Crippen molar-refractivity contribution in [3.05, 3.63) is 41.2 Å². The Hall–Kier alpha value is -1.49. The molecule has 1 aliphatic carbocycles. The van der Waals surface area contributed by atoms with Crippen molar-refractivity contribution >= 4 is 12.1 Å². The monoisotopic (exact) mass is 482 g/mol. The number of carboxylic acid groups (broad SMARTS) is 1. The fraction of sp³-hybridized carbons (Fsp3) is 0.625. The molecule has 0 aromatic carbocycles. The van der Waals surface area contributed by atoms with E-state index >= 15 is 0 Å². The summed E-state index contributed by atoms with van der Waals surface area (Å²) in [6.45, 7) is 7.01. The van der Waals surface area contributed by atoms with Crippen LogP contribution in [0.25, 0.3) is 0 Å². The number of nitrogens with zero attached hydrogens (tertiary/aromatic N) is 1. The van der Waals surface area contributed by atoms with Crippen molar-refractivity contribution in [1.82, 2.24) is 10.3 Å². The normalized spacial score (nSPS) is 33.4. The molecule has 6 atom stereocenters. The topological polar surface area (TPSA) is 126 Å². The molecule has 1 aromatic heterocycles. The van der Waals surface area contributed by atoms with Crippen LogP contribution in [0.2, 0.25) is 0 Å². The number of nitrogens with one attached hydrogen (secondary N) is 1. The van der Waals surface area contributed by atoms with Crippen molar-refractivity contribution in [1.29, 1.82) is 0 Å². The molecule has 180 valence electrons. The molecule has 1 saturated carbocycles. The van der Waals surface area contributed by atoms with Crippen LogP contribution in [0.15, 0.2) is 30.0 Å². The van der Waals surface area contributed by atoms with Crippen LogP contribution in [-0.4, -0.2) is 60.3 Å². The third-order valence-corrected chi connectivity index (χ3v) is 6.97. The van der Waals surface area contributed by atoms with E-state index in [1.165, 1.54) is 23.9 Å². The van der Waals surface area contributed by atoms with Crippen LogP contribution in [0.5, 0.6) is 0 Å². The summed E-state index contributed by atoms with van der Waals surface area (Å²) in [5.74, 6) is -1.34. The molecular weight excluding hydrogens is 451 g/mol. The summed E-state index contributed by atoms with van der Waals surface area (Å²) in [6.07, 6.45) is 4.32. The number of epoxide rings is 2. The average Bonchev–Trinajstić information content (AvgIpc) is 3.69. The van der Waals surface area contributed by atoms with E-state index in [9.17, 15) is 14.7 Å². The summed E-state index contributed by atoms with van der Waals surface area (Å²) in [5.41, 5.74) is 1.06. The van der Waals surface area contributed by atoms with Crippen molar-refractivity contribution in [3.8, 4) is 0 Å². The predicted octanol–water partition coefficient (Wildman–Crippen LogP) is -1.25. The van der Waals surface area contributed by atoms with E-state index in [0.717, 1.165) is 12.8 Å². The Morgan fingerprint density at radius 2 is 2.09 bits per heavy atom. The summed E-state index contributed by atoms with van der Waals surface area (Å²) in [4.78, 5) is 27.4. The second-order valence-corrected chi connectivity index (χ2v) is 9.50. The summed E-state index contributed by atoms with van der Waals surface area (Å²) in [6, 6.07) is 2.90. The minimum atomic E-state index is -1.30. The summed E-state index contributed by atoms with van der Waals surface area (Å²) < 4.78 is 23.7. The maximum absolute atomic E-state index is 12.5. The molecule has 1 aromatic rings. The first-order valence-corrected chi connectivity index (χ1v) is 11.3. The van der Waals surface area contributed by atoms with Crippen molar-refractivity contribution in [2.75, 3.05) is 13.7 Å². The van der Waals surface area contributed by atoms with E-state index in [0.29, 0.717) is 18.7 Å². The van der Waals surface area contributed by atoms with E-state index in [-0.39, 0.29) is 65.4 Å². The molecule has 1 N–H and O–H groups in total. The van der Waals surface area contributed by atoms with Crippen LogP contribution in [-0.2, 0) is 25.5 Å². The first kappa shape index (κ1) is 27.1. The van der Waals surface area contributed by atoms with Crippen molar-refractivity contribution in [2.45, 2.75) is 76.1 Å². The largest absolute Gasteiger partial charge is 1.00 e. The first-order valence-electron chi connectivity index (χ1n) is 11.3. The van der Waals surface area contributed by atoms with Gasteiger partial charge in [-0.15, -0.1) is 0 Å². The Kier molecular flexibility index (Phi) is 8.48. The smallest absolute Gasteiger partial charge is 0.545 e. The standard InChI is InChI=1S/C24H32N2O7.Na/c1-14(2)5-8-18-23(3,33-18)20-19(30-4)17(9-10-24(20)13-31-24)32-22(29)26-12-16-7-6-15(11-25-16)21(27)28;/h5-7,11,17-20H,8-10,12-13H2,1-4H3,(H,26,29)(H,27,28);/q;+1/p-1/t17-,18-,19-,20-,23+,24+;/m1./s1. The van der Waals surface area contributed by atoms with Gasteiger partial charge in [0.1, 0.15) is 23.4 Å². The van der Waals surface area contributed by atoms with Gasteiger partial charge in [-0.1, -0.05) is 11.6 Å². The molecule has 3 aliphatic rings. The minimum absolute atomic E-state index is 0. The van der Waals surface area contributed by atoms with E-state index in [1.807, 2.05) is 0 Å². The Morgan fingerprint density at radius 1 is 1.35 bits per heavy atom. The molecule has 0 bridgehead atoms. The second-order valence-electron chi connectivity index (χ2n) is 9.50. The van der Waals surface area contributed by atoms with Gasteiger partial charge in [0.05, 0.1) is 36.8 Å². The molecule has 2 saturated heterocycles. The Bertz CT molecular complexity index is 930. The van der Waals surface area contributed by atoms with E-state index < -0.39 is 23.8 Å². The van der Waals surface area contributed by atoms with Gasteiger partial charge in [-0.25, -0.2) is 4.79 Å². The average molecular weight is 483 g/mol. The van der Waals surface area contributed by atoms with Crippen molar-refractivity contribution < 1.29 is 63.2 Å². The number of amides is 1. The molecule has 1 amide bonds. The van der Waals surface area contributed by atoms with Gasteiger partial charge in [0.25, 0.3) is 0 Å². The third kappa shape index (κ3) is 5.66. The van der Waals surface area contributed by atoms with Crippen LogP contribution in [0.4, 0.5) is 4.79 Å². The second kappa shape index (κ2) is 10.6. The Morgan fingerprint density at radius 3 is 2.65 bits per heavy atom. The first-order chi connectivity index (χ1) is 15.7. The molecule has 34 heavy (non-hydrogen) atoms. The number of rotatable bonds is 8. The number of hydrogen-bond acceptors (Lipinski definition) is 8. The number of hydrogen-bond donors (Lipinski definition) is 1. The van der Waals surface area contributed by atoms with Gasteiger partial charge in [0.15, 0.2) is 0 Å². The number of aromatic carboxylic acids is 1. The van der Waals surface area contributed by atoms with Gasteiger partial charge in [-0.2, -0.15) is 0 Å². The van der Waals surface area contributed by atoms with Crippen LogP contribution >= 0.6 is 0 Å². The molecule has 4 rings (SSSR count). The molecule has 0 unspecified atom stereocenters. The number of allylic oxidation sites excluding steroid dienone is 1. The summed E-state index contributed by atoms with van der Waals surface area (Å²) in [5, 5.41) is 13.5. The molecule has 3 heterocycles. The van der Waals surface area contributed by atoms with E-state index in [4.69, 9.17) is 18.9 Å². The van der Waals surface area contributed by atoms with Crippen molar-refractivity contribution in [2.24, 2.45) is 5.92 Å². The minimum Gasteiger partial charge on any atom is -0.545 e. The van der Waals surface area contributed by atoms with Crippen LogP contribution < -0.4 is 40.0 Å². The molecule has 3 fully saturated rings. The van der Waals surface area contributed by atoms with Gasteiger partial charge in [-0.3, -0.25) is 4.98 Å². The van der Waals surface area contributed by atoms with Gasteiger partial charge in [0.2, 0.25) is 0 Å². The number of carbonyl (C=O) groups excluding carboxylic acids is 2. The zero-order valence-electron chi connectivity index (χ0n) is 20.5. The Balaban J connectivity index is 0.00000324. The molecular formula is C24H31N2NaO7. The van der Waals surface area contributed by atoms with E-state index in [2.05, 4.69) is 37.1 Å². The number of carbonyl (C=O) groups is 2. The summed E-state index contributed by atoms with van der Waals surface area (Å²) >= 11 is 0. The van der Waals surface area contributed by atoms with Gasteiger partial charge in [0, 0.05) is 18.9 Å². The van der Waals surface area contributed by atoms with Crippen LogP contribution in [0.3, 0.4) is 0 Å². The quantitative estimate of drug-likeness (QED) is 0.277. The molecule has 0 radical (unpaired) electrons. The fourth-order valence-corrected chi connectivity index (χ4v) is 5.06. The number of alkyl carbamates (subject to hydrolysis) is 1.